The second kappa shape index (κ2) is 10.1. The van der Waals surface area contributed by atoms with E-state index in [-0.39, 0.29) is 50.0 Å². The van der Waals surface area contributed by atoms with Gasteiger partial charge in [-0.15, -0.1) is 13.2 Å². The number of nitrogens with zero attached hydrogens (tertiary/aromatic N) is 3. The molecule has 1 heterocycles. The van der Waals surface area contributed by atoms with Gasteiger partial charge in [0.15, 0.2) is 6.61 Å². The van der Waals surface area contributed by atoms with Crippen LogP contribution in [-0.2, 0) is 21.2 Å². The number of benzene rings is 2. The van der Waals surface area contributed by atoms with E-state index >= 15 is 0 Å². The molecule has 12 heteroatoms. The smallest absolute Gasteiger partial charge is 0.484 e. The van der Waals surface area contributed by atoms with Crippen LogP contribution in [-0.4, -0.2) is 62.7 Å². The van der Waals surface area contributed by atoms with E-state index in [9.17, 15) is 26.4 Å². The van der Waals surface area contributed by atoms with Crippen molar-refractivity contribution in [1.29, 1.82) is 5.26 Å². The Hall–Kier alpha value is -3.30. The maximum Gasteiger partial charge on any atom is 0.573 e. The van der Waals surface area contributed by atoms with Crippen molar-refractivity contribution in [3.05, 3.63) is 54.1 Å². The van der Waals surface area contributed by atoms with Crippen molar-refractivity contribution in [2.24, 2.45) is 0 Å². The van der Waals surface area contributed by atoms with E-state index < -0.39 is 22.1 Å². The predicted molar refractivity (Wildman–Crippen MR) is 110 cm³/mol. The number of alkyl halides is 3. The van der Waals surface area contributed by atoms with Gasteiger partial charge >= 0.3 is 6.36 Å². The summed E-state index contributed by atoms with van der Waals surface area (Å²) in [6.45, 7) is 0.163. The maximum atomic E-state index is 12.8. The Morgan fingerprint density at radius 1 is 0.970 bits per heavy atom. The van der Waals surface area contributed by atoms with Crippen LogP contribution in [0.25, 0.3) is 0 Å². The summed E-state index contributed by atoms with van der Waals surface area (Å²) in [4.78, 5) is 13.7. The minimum absolute atomic E-state index is 0.0394. The number of ether oxygens (including phenoxy) is 2. The highest BCUT2D eigenvalue weighted by Gasteiger charge is 2.32. The number of carbonyl (C=O) groups excluding carboxylic acids is 1. The van der Waals surface area contributed by atoms with Gasteiger partial charge in [0, 0.05) is 26.2 Å². The van der Waals surface area contributed by atoms with Gasteiger partial charge in [-0.25, -0.2) is 8.42 Å². The van der Waals surface area contributed by atoms with Crippen molar-refractivity contribution >= 4 is 15.9 Å². The first-order valence-corrected chi connectivity index (χ1v) is 11.2. The largest absolute Gasteiger partial charge is 0.573 e. The van der Waals surface area contributed by atoms with Crippen LogP contribution in [0.4, 0.5) is 13.2 Å². The topological polar surface area (TPSA) is 99.9 Å². The number of halogens is 3. The van der Waals surface area contributed by atoms with E-state index in [4.69, 9.17) is 10.00 Å². The molecule has 1 saturated heterocycles. The third-order valence-electron chi connectivity index (χ3n) is 4.86. The molecular formula is C21H20F3N3O5S. The summed E-state index contributed by atoms with van der Waals surface area (Å²) in [5.74, 6) is -0.345. The maximum absolute atomic E-state index is 12.8. The Morgan fingerprint density at radius 3 is 2.09 bits per heavy atom. The SMILES string of the molecule is N#CCc1ccc(OCC(=O)N2CCN(S(=O)(=O)c3ccc(OC(F)(F)F)cc3)CC2)cc1. The molecule has 0 atom stereocenters. The summed E-state index contributed by atoms with van der Waals surface area (Å²) in [5, 5.41) is 8.68. The van der Waals surface area contributed by atoms with Gasteiger partial charge in [0.05, 0.1) is 17.4 Å². The van der Waals surface area contributed by atoms with Crippen molar-refractivity contribution in [2.75, 3.05) is 32.8 Å². The number of rotatable bonds is 7. The van der Waals surface area contributed by atoms with Crippen LogP contribution < -0.4 is 9.47 Å². The summed E-state index contributed by atoms with van der Waals surface area (Å²) >= 11 is 0. The molecule has 3 rings (SSSR count). The number of hydrogen-bond donors (Lipinski definition) is 0. The Labute approximate surface area is 188 Å². The molecule has 33 heavy (non-hydrogen) atoms. The van der Waals surface area contributed by atoms with Crippen molar-refractivity contribution in [3.8, 4) is 17.6 Å². The van der Waals surface area contributed by atoms with E-state index in [1.54, 1.807) is 24.3 Å². The van der Waals surface area contributed by atoms with Gasteiger partial charge in [0.1, 0.15) is 11.5 Å². The highest BCUT2D eigenvalue weighted by atomic mass is 32.2. The van der Waals surface area contributed by atoms with Crippen molar-refractivity contribution in [1.82, 2.24) is 9.21 Å². The van der Waals surface area contributed by atoms with Gasteiger partial charge in [-0.3, -0.25) is 4.79 Å². The third kappa shape index (κ3) is 6.59. The molecule has 2 aromatic carbocycles. The summed E-state index contributed by atoms with van der Waals surface area (Å²) in [6.07, 6.45) is -4.59. The number of amides is 1. The van der Waals surface area contributed by atoms with Crippen LogP contribution >= 0.6 is 0 Å². The fourth-order valence-electron chi connectivity index (χ4n) is 3.17. The monoisotopic (exact) mass is 483 g/mol. The average Bonchev–Trinajstić information content (AvgIpc) is 2.78. The summed E-state index contributed by atoms with van der Waals surface area (Å²) in [6, 6.07) is 12.8. The van der Waals surface area contributed by atoms with Crippen LogP contribution in [0, 0.1) is 11.3 Å². The van der Waals surface area contributed by atoms with E-state index in [1.807, 2.05) is 6.07 Å². The minimum atomic E-state index is -4.87. The predicted octanol–water partition coefficient (Wildman–Crippen LogP) is 2.56. The van der Waals surface area contributed by atoms with Crippen molar-refractivity contribution in [2.45, 2.75) is 17.7 Å². The van der Waals surface area contributed by atoms with Crippen LogP contribution in [0.1, 0.15) is 5.56 Å². The Morgan fingerprint density at radius 2 is 1.55 bits per heavy atom. The molecule has 1 aliphatic rings. The van der Waals surface area contributed by atoms with E-state index in [2.05, 4.69) is 4.74 Å². The molecule has 1 amide bonds. The first-order valence-electron chi connectivity index (χ1n) is 9.81. The molecule has 1 aliphatic heterocycles. The van der Waals surface area contributed by atoms with Gasteiger partial charge in [-0.05, 0) is 42.0 Å². The minimum Gasteiger partial charge on any atom is -0.484 e. The molecule has 8 nitrogen and oxygen atoms in total. The lowest BCUT2D eigenvalue weighted by molar-refractivity contribution is -0.274. The number of sulfonamides is 1. The molecule has 0 N–H and O–H groups in total. The average molecular weight is 483 g/mol. The highest BCUT2D eigenvalue weighted by Crippen LogP contribution is 2.25. The van der Waals surface area contributed by atoms with E-state index in [0.717, 1.165) is 29.8 Å². The lowest BCUT2D eigenvalue weighted by atomic mass is 10.2. The van der Waals surface area contributed by atoms with Crippen LogP contribution in [0.2, 0.25) is 0 Å². The van der Waals surface area contributed by atoms with Crippen molar-refractivity contribution < 1.29 is 35.9 Å². The molecule has 0 aromatic heterocycles. The zero-order chi connectivity index (χ0) is 24.1. The first-order chi connectivity index (χ1) is 15.6. The van der Waals surface area contributed by atoms with E-state index in [1.165, 1.54) is 9.21 Å². The molecule has 0 spiro atoms. The molecule has 0 unspecified atom stereocenters. The zero-order valence-corrected chi connectivity index (χ0v) is 18.1. The van der Waals surface area contributed by atoms with Gasteiger partial charge in [-0.2, -0.15) is 9.57 Å². The lowest BCUT2D eigenvalue weighted by Crippen LogP contribution is -2.51. The fraction of sp³-hybridized carbons (Fsp3) is 0.333. The summed E-state index contributed by atoms with van der Waals surface area (Å²) in [7, 11) is -3.93. The number of carbonyl (C=O) groups is 1. The second-order valence-corrected chi connectivity index (χ2v) is 9.01. The van der Waals surface area contributed by atoms with Crippen LogP contribution in [0.15, 0.2) is 53.4 Å². The molecule has 0 saturated carbocycles. The first kappa shape index (κ1) is 24.3. The number of nitriles is 1. The highest BCUT2D eigenvalue weighted by molar-refractivity contribution is 7.89. The molecule has 1 fully saturated rings. The molecular weight excluding hydrogens is 463 g/mol. The van der Waals surface area contributed by atoms with Crippen molar-refractivity contribution in [3.63, 3.8) is 0 Å². The third-order valence-corrected chi connectivity index (χ3v) is 6.77. The van der Waals surface area contributed by atoms with Crippen LogP contribution in [0.5, 0.6) is 11.5 Å². The van der Waals surface area contributed by atoms with Gasteiger partial charge < -0.3 is 14.4 Å². The fourth-order valence-corrected chi connectivity index (χ4v) is 4.59. The summed E-state index contributed by atoms with van der Waals surface area (Å²) in [5.41, 5.74) is 0.830. The summed E-state index contributed by atoms with van der Waals surface area (Å²) < 4.78 is 72.7. The standard InChI is InChI=1S/C21H20F3N3O5S/c22-21(23,24)32-18-5-7-19(8-6-18)33(29,30)27-13-11-26(12-14-27)20(28)15-31-17-3-1-16(2-4-17)9-10-25/h1-8H,9,11-15H2. The lowest BCUT2D eigenvalue weighted by Gasteiger charge is -2.34. The zero-order valence-electron chi connectivity index (χ0n) is 17.3. The molecule has 0 aliphatic carbocycles. The second-order valence-electron chi connectivity index (χ2n) is 7.07. The molecule has 0 radical (unpaired) electrons. The molecule has 176 valence electrons. The number of piperazine rings is 1. The van der Waals surface area contributed by atoms with E-state index in [0.29, 0.717) is 5.75 Å². The van der Waals surface area contributed by atoms with Crippen LogP contribution in [0.3, 0.4) is 0 Å². The molecule has 0 bridgehead atoms. The molecule has 2 aromatic rings. The Kier molecular flexibility index (Phi) is 7.45. The van der Waals surface area contributed by atoms with Gasteiger partial charge in [-0.1, -0.05) is 12.1 Å². The van der Waals surface area contributed by atoms with Gasteiger partial charge in [0.2, 0.25) is 10.0 Å². The van der Waals surface area contributed by atoms with Gasteiger partial charge in [0.25, 0.3) is 5.91 Å². The number of hydrogen-bond acceptors (Lipinski definition) is 6. The Balaban J connectivity index is 1.52. The normalized spacial score (nSPS) is 15.0. The quantitative estimate of drug-likeness (QED) is 0.600. The Bertz CT molecular complexity index is 1110.